The van der Waals surface area contributed by atoms with Gasteiger partial charge in [0.2, 0.25) is 0 Å². The second-order valence-electron chi connectivity index (χ2n) is 19.3. The zero-order chi connectivity index (χ0) is 44.5. The number of para-hydroxylation sites is 4. The van der Waals surface area contributed by atoms with Crippen molar-refractivity contribution in [3.05, 3.63) is 218 Å². The molecule has 5 heteroatoms. The summed E-state index contributed by atoms with van der Waals surface area (Å²) in [7, 11) is 0. The van der Waals surface area contributed by atoms with E-state index in [-0.39, 0.29) is 12.3 Å². The van der Waals surface area contributed by atoms with E-state index in [1.54, 1.807) is 0 Å². The highest BCUT2D eigenvalue weighted by Gasteiger charge is 2.45. The SMILES string of the molecule is CC(C)(C)c1ccc(N2c3cc(N(c4ccccc4)c4ccccc4)ccc3B3c4c(cc5oc6ccccc6c5c42)-c2cccc4c5cc6ccccc6cc5n3c24)c(-c2ccccc2)c1. The molecule has 12 aromatic rings. The van der Waals surface area contributed by atoms with Crippen LogP contribution in [-0.2, 0) is 5.41 Å². The summed E-state index contributed by atoms with van der Waals surface area (Å²) in [5.74, 6) is 0. The number of benzene rings is 10. The minimum atomic E-state index is -0.157. The largest absolute Gasteiger partial charge is 0.456 e. The van der Waals surface area contributed by atoms with Crippen molar-refractivity contribution in [2.45, 2.75) is 26.2 Å². The van der Waals surface area contributed by atoms with E-state index in [2.05, 4.69) is 247 Å². The standard InChI is InChI=1S/C62H44BN3O/c1-62(2,3)42-30-33-53(49(36-42)39-18-7-4-8-19-39)65-55-37-45(64(43-22-9-5-10-23-43)44-24-11-6-12-25-44)31-32-52(55)63-59-51(38-57-58(61(59)65)48-26-15-16-29-56(48)67-57)47-28-17-27-46-50-34-40-20-13-14-21-41(40)35-54(50)66(63)60(46)47/h4-38H,1-3H3. The summed E-state index contributed by atoms with van der Waals surface area (Å²) in [4.78, 5) is 4.99. The third-order valence-electron chi connectivity index (χ3n) is 14.4. The molecule has 0 spiro atoms. The zero-order valence-electron chi connectivity index (χ0n) is 37.5. The minimum absolute atomic E-state index is 0.0688. The van der Waals surface area contributed by atoms with Crippen molar-refractivity contribution in [1.29, 1.82) is 0 Å². The zero-order valence-corrected chi connectivity index (χ0v) is 37.5. The van der Waals surface area contributed by atoms with Crippen LogP contribution in [0.25, 0.3) is 76.8 Å². The average molecular weight is 858 g/mol. The minimum Gasteiger partial charge on any atom is -0.456 e. The first-order valence-electron chi connectivity index (χ1n) is 23.4. The van der Waals surface area contributed by atoms with Gasteiger partial charge in [-0.2, -0.15) is 0 Å². The van der Waals surface area contributed by atoms with Crippen LogP contribution in [0.3, 0.4) is 0 Å². The van der Waals surface area contributed by atoms with Gasteiger partial charge >= 0.3 is 6.85 Å². The summed E-state index contributed by atoms with van der Waals surface area (Å²) >= 11 is 0. The van der Waals surface area contributed by atoms with Crippen molar-refractivity contribution >= 4 is 106 Å². The first kappa shape index (κ1) is 38.0. The van der Waals surface area contributed by atoms with Gasteiger partial charge in [-0.25, -0.2) is 0 Å². The first-order valence-corrected chi connectivity index (χ1v) is 23.4. The number of furan rings is 1. The van der Waals surface area contributed by atoms with E-state index in [1.165, 1.54) is 71.3 Å². The lowest BCUT2D eigenvalue weighted by Gasteiger charge is -2.42. The number of hydrogen-bond acceptors (Lipinski definition) is 3. The fourth-order valence-electron chi connectivity index (χ4n) is 11.4. The molecule has 0 atom stereocenters. The molecule has 0 saturated heterocycles. The monoisotopic (exact) mass is 857 g/mol. The van der Waals surface area contributed by atoms with Gasteiger partial charge in [0.15, 0.2) is 0 Å². The van der Waals surface area contributed by atoms with Crippen LogP contribution in [0, 0.1) is 0 Å². The summed E-state index contributed by atoms with van der Waals surface area (Å²) in [6, 6.07) is 78.3. The van der Waals surface area contributed by atoms with Gasteiger partial charge in [-0.05, 0) is 117 Å². The van der Waals surface area contributed by atoms with Gasteiger partial charge in [-0.15, -0.1) is 0 Å². The number of aromatic nitrogens is 1. The van der Waals surface area contributed by atoms with Crippen LogP contribution in [0.15, 0.2) is 217 Å². The van der Waals surface area contributed by atoms with Crippen molar-refractivity contribution in [1.82, 2.24) is 4.48 Å². The van der Waals surface area contributed by atoms with Crippen molar-refractivity contribution in [3.63, 3.8) is 0 Å². The Morgan fingerprint density at radius 1 is 0.478 bits per heavy atom. The van der Waals surface area contributed by atoms with Crippen LogP contribution in [0.5, 0.6) is 0 Å². The average Bonchev–Trinajstić information content (AvgIpc) is 3.90. The van der Waals surface area contributed by atoms with Crippen LogP contribution in [0.4, 0.5) is 34.1 Å². The molecule has 0 unspecified atom stereocenters. The molecule has 2 aliphatic rings. The highest BCUT2D eigenvalue weighted by molar-refractivity contribution is 6.90. The van der Waals surface area contributed by atoms with E-state index >= 15 is 0 Å². The number of anilines is 6. The molecule has 0 radical (unpaired) electrons. The Morgan fingerprint density at radius 3 is 1.90 bits per heavy atom. The molecule has 14 rings (SSSR count). The molecule has 0 aliphatic carbocycles. The summed E-state index contributed by atoms with van der Waals surface area (Å²) in [5, 5.41) is 7.24. The maximum absolute atomic E-state index is 7.00. The van der Waals surface area contributed by atoms with E-state index in [0.29, 0.717) is 0 Å². The third-order valence-corrected chi connectivity index (χ3v) is 14.4. The number of fused-ring (bicyclic) bond motifs is 12. The van der Waals surface area contributed by atoms with Crippen molar-refractivity contribution in [3.8, 4) is 22.3 Å². The molecule has 0 saturated carbocycles. The Labute approximate surface area is 389 Å². The second-order valence-corrected chi connectivity index (χ2v) is 19.3. The lowest BCUT2D eigenvalue weighted by atomic mass is 9.45. The third kappa shape index (κ3) is 5.55. The van der Waals surface area contributed by atoms with Gasteiger partial charge in [0.1, 0.15) is 11.2 Å². The fourth-order valence-corrected chi connectivity index (χ4v) is 11.4. The molecule has 2 aliphatic heterocycles. The van der Waals surface area contributed by atoms with Gasteiger partial charge in [0.25, 0.3) is 0 Å². The van der Waals surface area contributed by atoms with Crippen molar-refractivity contribution in [2.75, 3.05) is 9.80 Å². The summed E-state index contributed by atoms with van der Waals surface area (Å²) in [6.45, 7) is 6.77. The molecular formula is C62H44BN3O. The van der Waals surface area contributed by atoms with E-state index in [1.807, 2.05) is 0 Å². The molecule has 67 heavy (non-hydrogen) atoms. The van der Waals surface area contributed by atoms with Crippen LogP contribution < -0.4 is 20.7 Å². The van der Waals surface area contributed by atoms with Crippen LogP contribution >= 0.6 is 0 Å². The molecule has 0 N–H and O–H groups in total. The summed E-state index contributed by atoms with van der Waals surface area (Å²) in [5.41, 5.74) is 19.5. The topological polar surface area (TPSA) is 24.6 Å². The number of rotatable bonds is 5. The Balaban J connectivity index is 1.17. The first-order chi connectivity index (χ1) is 32.9. The molecular weight excluding hydrogens is 814 g/mol. The van der Waals surface area contributed by atoms with Crippen molar-refractivity contribution < 1.29 is 4.42 Å². The molecule has 0 amide bonds. The summed E-state index contributed by atoms with van der Waals surface area (Å²) in [6.07, 6.45) is 0. The smallest absolute Gasteiger partial charge is 0.333 e. The lowest BCUT2D eigenvalue weighted by molar-refractivity contribution is 0.590. The van der Waals surface area contributed by atoms with Gasteiger partial charge in [0.05, 0.1) is 16.8 Å². The molecule has 4 nitrogen and oxygen atoms in total. The molecule has 0 fully saturated rings. The van der Waals surface area contributed by atoms with Gasteiger partial charge < -0.3 is 18.7 Å². The Morgan fingerprint density at radius 2 is 1.15 bits per heavy atom. The highest BCUT2D eigenvalue weighted by atomic mass is 16.3. The molecule has 2 aromatic heterocycles. The quantitative estimate of drug-likeness (QED) is 0.161. The van der Waals surface area contributed by atoms with E-state index in [9.17, 15) is 0 Å². The number of hydrogen-bond donors (Lipinski definition) is 0. The molecule has 4 heterocycles. The van der Waals surface area contributed by atoms with Gasteiger partial charge in [-0.3, -0.25) is 0 Å². The van der Waals surface area contributed by atoms with Crippen LogP contribution in [0.2, 0.25) is 0 Å². The van der Waals surface area contributed by atoms with E-state index in [0.717, 1.165) is 56.1 Å². The Kier molecular flexibility index (Phi) is 8.01. The fraction of sp³-hybridized carbons (Fsp3) is 0.0645. The predicted molar refractivity (Wildman–Crippen MR) is 284 cm³/mol. The van der Waals surface area contributed by atoms with Crippen molar-refractivity contribution in [2.24, 2.45) is 0 Å². The van der Waals surface area contributed by atoms with E-state index in [4.69, 9.17) is 4.42 Å². The lowest BCUT2D eigenvalue weighted by Crippen LogP contribution is -2.56. The molecule has 0 bridgehead atoms. The Bertz CT molecular complexity index is 3940. The molecule has 10 aromatic carbocycles. The predicted octanol–water partition coefficient (Wildman–Crippen LogP) is 15.7. The van der Waals surface area contributed by atoms with Crippen LogP contribution in [0.1, 0.15) is 26.3 Å². The normalized spacial score (nSPS) is 12.9. The molecule has 316 valence electrons. The van der Waals surface area contributed by atoms with Gasteiger partial charge in [-0.1, -0.05) is 160 Å². The maximum Gasteiger partial charge on any atom is 0.333 e. The van der Waals surface area contributed by atoms with Gasteiger partial charge in [0, 0.05) is 61.1 Å². The van der Waals surface area contributed by atoms with Crippen LogP contribution in [-0.4, -0.2) is 11.3 Å². The van der Waals surface area contributed by atoms with E-state index < -0.39 is 0 Å². The maximum atomic E-state index is 7.00. The number of nitrogens with zero attached hydrogens (tertiary/aromatic N) is 3. The Hall–Kier alpha value is -8.28. The summed E-state index contributed by atoms with van der Waals surface area (Å²) < 4.78 is 9.68. The second kappa shape index (κ2) is 14.1. The highest BCUT2D eigenvalue weighted by Crippen LogP contribution is 2.53.